The van der Waals surface area contributed by atoms with E-state index in [0.717, 1.165) is 29.1 Å². The van der Waals surface area contributed by atoms with Gasteiger partial charge in [0.25, 0.3) is 0 Å². The van der Waals surface area contributed by atoms with Crippen LogP contribution in [0.4, 0.5) is 5.69 Å². The smallest absolute Gasteiger partial charge is 0.193 e. The van der Waals surface area contributed by atoms with Gasteiger partial charge in [0, 0.05) is 29.7 Å². The number of halogens is 1. The molecule has 0 radical (unpaired) electrons. The lowest BCUT2D eigenvalue weighted by Crippen LogP contribution is -2.23. The molecule has 0 amide bonds. The molecule has 0 aliphatic heterocycles. The van der Waals surface area contributed by atoms with Crippen molar-refractivity contribution in [2.24, 2.45) is 10.7 Å². The zero-order chi connectivity index (χ0) is 19.1. The number of ether oxygens (including phenoxy) is 2. The lowest BCUT2D eigenvalue weighted by Gasteiger charge is -2.14. The monoisotopic (exact) mass is 494 g/mol. The Morgan fingerprint density at radius 2 is 1.89 bits per heavy atom. The van der Waals surface area contributed by atoms with E-state index in [9.17, 15) is 0 Å². The quantitative estimate of drug-likeness (QED) is 0.244. The fraction of sp³-hybridized carbons (Fsp3) is 0.286. The number of hydrogen-bond acceptors (Lipinski definition) is 3. The molecule has 0 unspecified atom stereocenters. The molecule has 3 rings (SSSR count). The van der Waals surface area contributed by atoms with Gasteiger partial charge in [-0.25, -0.2) is 0 Å². The van der Waals surface area contributed by atoms with Crippen LogP contribution in [0, 0.1) is 0 Å². The summed E-state index contributed by atoms with van der Waals surface area (Å²) >= 11 is 0. The van der Waals surface area contributed by atoms with Crippen molar-refractivity contribution in [2.45, 2.75) is 20.3 Å². The molecular formula is C21H27IN4O2. The van der Waals surface area contributed by atoms with Gasteiger partial charge < -0.3 is 25.5 Å². The van der Waals surface area contributed by atoms with Crippen molar-refractivity contribution in [3.63, 3.8) is 0 Å². The fourth-order valence-electron chi connectivity index (χ4n) is 2.96. The summed E-state index contributed by atoms with van der Waals surface area (Å²) in [4.78, 5) is 7.73. The van der Waals surface area contributed by atoms with E-state index in [1.165, 1.54) is 10.9 Å². The maximum atomic E-state index is 6.08. The second-order valence-electron chi connectivity index (χ2n) is 6.03. The van der Waals surface area contributed by atoms with Crippen LogP contribution < -0.4 is 20.5 Å². The number of para-hydroxylation sites is 1. The molecule has 0 fully saturated rings. The second kappa shape index (κ2) is 10.8. The Labute approximate surface area is 182 Å². The number of guanidine groups is 1. The predicted octanol–water partition coefficient (Wildman–Crippen LogP) is 4.55. The lowest BCUT2D eigenvalue weighted by atomic mass is 10.1. The predicted molar refractivity (Wildman–Crippen MR) is 126 cm³/mol. The van der Waals surface area contributed by atoms with Gasteiger partial charge in [0.2, 0.25) is 0 Å². The van der Waals surface area contributed by atoms with E-state index < -0.39 is 0 Å². The molecule has 0 saturated heterocycles. The molecule has 0 aliphatic carbocycles. The highest BCUT2D eigenvalue weighted by molar-refractivity contribution is 14.0. The third-order valence-corrected chi connectivity index (χ3v) is 4.16. The highest BCUT2D eigenvalue weighted by Crippen LogP contribution is 2.29. The molecule has 3 aromatic rings. The van der Waals surface area contributed by atoms with Crippen LogP contribution in [0.5, 0.6) is 11.5 Å². The highest BCUT2D eigenvalue weighted by atomic mass is 127. The molecule has 0 spiro atoms. The average Bonchev–Trinajstić information content (AvgIpc) is 3.07. The van der Waals surface area contributed by atoms with E-state index in [2.05, 4.69) is 27.4 Å². The van der Waals surface area contributed by atoms with E-state index in [-0.39, 0.29) is 24.0 Å². The third-order valence-electron chi connectivity index (χ3n) is 4.16. The summed E-state index contributed by atoms with van der Waals surface area (Å²) in [6.45, 7) is 5.65. The molecule has 28 heavy (non-hydrogen) atoms. The Kier molecular flexibility index (Phi) is 8.43. The maximum absolute atomic E-state index is 6.08. The fourth-order valence-corrected chi connectivity index (χ4v) is 2.96. The Morgan fingerprint density at radius 3 is 2.68 bits per heavy atom. The summed E-state index contributed by atoms with van der Waals surface area (Å²) in [6, 6.07) is 13.9. The van der Waals surface area contributed by atoms with Crippen LogP contribution in [-0.4, -0.2) is 30.7 Å². The number of benzene rings is 2. The Morgan fingerprint density at radius 1 is 1.11 bits per heavy atom. The number of aliphatic imine (C=N–C) groups is 1. The Bertz CT molecular complexity index is 924. The first-order chi connectivity index (χ1) is 13.2. The minimum atomic E-state index is 0. The summed E-state index contributed by atoms with van der Waals surface area (Å²) < 4.78 is 11.2. The first-order valence-electron chi connectivity index (χ1n) is 9.22. The van der Waals surface area contributed by atoms with Crippen LogP contribution in [0.2, 0.25) is 0 Å². The van der Waals surface area contributed by atoms with Crippen LogP contribution in [0.3, 0.4) is 0 Å². The minimum absolute atomic E-state index is 0. The maximum Gasteiger partial charge on any atom is 0.193 e. The summed E-state index contributed by atoms with van der Waals surface area (Å²) in [7, 11) is 0. The van der Waals surface area contributed by atoms with Gasteiger partial charge in [-0.15, -0.1) is 24.0 Å². The van der Waals surface area contributed by atoms with Crippen LogP contribution in [0.1, 0.15) is 19.4 Å². The number of nitrogens with zero attached hydrogens (tertiary/aromatic N) is 1. The molecule has 0 saturated carbocycles. The van der Waals surface area contributed by atoms with Gasteiger partial charge in [-0.1, -0.05) is 18.2 Å². The van der Waals surface area contributed by atoms with Crippen LogP contribution >= 0.6 is 24.0 Å². The van der Waals surface area contributed by atoms with Gasteiger partial charge in [-0.05, 0) is 44.0 Å². The summed E-state index contributed by atoms with van der Waals surface area (Å²) in [5, 5.41) is 4.35. The van der Waals surface area contributed by atoms with Crippen LogP contribution in [0.25, 0.3) is 10.9 Å². The lowest BCUT2D eigenvalue weighted by molar-refractivity contribution is 0.332. The average molecular weight is 494 g/mol. The Hall–Kier alpha value is -2.42. The summed E-state index contributed by atoms with van der Waals surface area (Å²) in [6.07, 6.45) is 2.84. The number of anilines is 1. The molecular weight excluding hydrogens is 467 g/mol. The molecule has 150 valence electrons. The summed E-state index contributed by atoms with van der Waals surface area (Å²) in [5.41, 5.74) is 9.20. The van der Waals surface area contributed by atoms with Crippen molar-refractivity contribution in [3.8, 4) is 11.5 Å². The second-order valence-corrected chi connectivity index (χ2v) is 6.03. The number of hydrogen-bond donors (Lipinski definition) is 3. The molecule has 6 nitrogen and oxygen atoms in total. The molecule has 2 aromatic carbocycles. The number of nitrogens with one attached hydrogen (secondary N) is 2. The molecule has 1 aromatic heterocycles. The standard InChI is InChI=1S/C21H26N4O2.HI/c1-3-26-16-9-10-20(27-4-2)19(13-16)25-21(22)23-12-11-15-14-24-18-8-6-5-7-17(15)18;/h5-10,13-14,24H,3-4,11-12H2,1-2H3,(H3,22,23,25);1H. The van der Waals surface area contributed by atoms with E-state index >= 15 is 0 Å². The normalized spacial score (nSPS) is 11.1. The molecule has 7 heteroatoms. The zero-order valence-corrected chi connectivity index (χ0v) is 18.5. The largest absolute Gasteiger partial charge is 0.494 e. The number of aromatic nitrogens is 1. The molecule has 0 aliphatic rings. The van der Waals surface area contributed by atoms with Crippen molar-refractivity contribution in [2.75, 3.05) is 25.1 Å². The van der Waals surface area contributed by atoms with Gasteiger partial charge in [0.1, 0.15) is 11.5 Å². The molecule has 1 heterocycles. The Balaban J connectivity index is 0.00000280. The van der Waals surface area contributed by atoms with E-state index in [0.29, 0.717) is 25.7 Å². The molecule has 0 bridgehead atoms. The minimum Gasteiger partial charge on any atom is -0.494 e. The number of fused-ring (bicyclic) bond motifs is 1. The zero-order valence-electron chi connectivity index (χ0n) is 16.2. The first kappa shape index (κ1) is 21.9. The SMILES string of the molecule is CCOc1ccc(OCC)c(NC(N)=NCCc2c[nH]c3ccccc23)c1.I. The van der Waals surface area contributed by atoms with Crippen molar-refractivity contribution in [1.82, 2.24) is 4.98 Å². The summed E-state index contributed by atoms with van der Waals surface area (Å²) in [5.74, 6) is 1.83. The van der Waals surface area contributed by atoms with Crippen LogP contribution in [0.15, 0.2) is 53.7 Å². The van der Waals surface area contributed by atoms with E-state index in [4.69, 9.17) is 15.2 Å². The van der Waals surface area contributed by atoms with Crippen LogP contribution in [-0.2, 0) is 6.42 Å². The van der Waals surface area contributed by atoms with Crippen molar-refractivity contribution in [3.05, 3.63) is 54.2 Å². The number of aromatic amines is 1. The number of H-pyrrole nitrogens is 1. The number of nitrogens with two attached hydrogens (primary N) is 1. The topological polar surface area (TPSA) is 84.7 Å². The van der Waals surface area contributed by atoms with Crippen molar-refractivity contribution < 1.29 is 9.47 Å². The first-order valence-corrected chi connectivity index (χ1v) is 9.22. The van der Waals surface area contributed by atoms with Gasteiger partial charge in [0.05, 0.1) is 18.9 Å². The molecule has 0 atom stereocenters. The molecule has 4 N–H and O–H groups in total. The van der Waals surface area contributed by atoms with Crippen molar-refractivity contribution >= 4 is 46.5 Å². The third kappa shape index (κ3) is 5.54. The van der Waals surface area contributed by atoms with Crippen molar-refractivity contribution in [1.29, 1.82) is 0 Å². The van der Waals surface area contributed by atoms with Gasteiger partial charge in [-0.2, -0.15) is 0 Å². The highest BCUT2D eigenvalue weighted by Gasteiger charge is 2.07. The van der Waals surface area contributed by atoms with E-state index in [1.54, 1.807) is 0 Å². The van der Waals surface area contributed by atoms with Gasteiger partial charge in [-0.3, -0.25) is 4.99 Å². The number of rotatable bonds is 8. The van der Waals surface area contributed by atoms with Gasteiger partial charge in [0.15, 0.2) is 5.96 Å². The van der Waals surface area contributed by atoms with Gasteiger partial charge >= 0.3 is 0 Å². The van der Waals surface area contributed by atoms with E-state index in [1.807, 2.05) is 50.4 Å².